The average Bonchev–Trinajstić information content (AvgIpc) is 2.62. The van der Waals surface area contributed by atoms with Crippen molar-refractivity contribution in [1.82, 2.24) is 0 Å². The van der Waals surface area contributed by atoms with Crippen LogP contribution < -0.4 is 5.32 Å². The Hall–Kier alpha value is -2.27. The Balaban J connectivity index is 2.25. The van der Waals surface area contributed by atoms with Crippen LogP contribution in [0.2, 0.25) is 0 Å². The zero-order chi connectivity index (χ0) is 13.6. The molecule has 0 aromatic heterocycles. The van der Waals surface area contributed by atoms with Crippen molar-refractivity contribution >= 4 is 11.6 Å². The Labute approximate surface area is 107 Å². The van der Waals surface area contributed by atoms with Gasteiger partial charge in [-0.25, -0.2) is 8.78 Å². The summed E-state index contributed by atoms with van der Waals surface area (Å²) in [5, 5.41) is 13.1. The average molecular weight is 261 g/mol. The fourth-order valence-corrected chi connectivity index (χ4v) is 2.29. The molecule has 0 saturated heterocycles. The fraction of sp³-hybridized carbons (Fsp3) is 0.0714. The summed E-state index contributed by atoms with van der Waals surface area (Å²) in [7, 11) is 0. The Bertz CT molecular complexity index is 667. The zero-order valence-electron chi connectivity index (χ0n) is 9.65. The first kappa shape index (κ1) is 11.8. The summed E-state index contributed by atoms with van der Waals surface area (Å²) in [5.74, 6) is -2.42. The minimum Gasteiger partial charge on any atom is -0.372 e. The molecule has 0 fully saturated rings. The van der Waals surface area contributed by atoms with E-state index in [0.29, 0.717) is 11.8 Å². The Morgan fingerprint density at radius 3 is 2.37 bits per heavy atom. The van der Waals surface area contributed by atoms with Gasteiger partial charge in [0.25, 0.3) is 5.91 Å². The first-order chi connectivity index (χ1) is 9.01. The highest BCUT2D eigenvalue weighted by Gasteiger charge is 2.47. The van der Waals surface area contributed by atoms with Crippen LogP contribution >= 0.6 is 0 Å². The number of carbonyl (C=O) groups excluding carboxylic acids is 1. The number of benzene rings is 2. The van der Waals surface area contributed by atoms with Gasteiger partial charge < -0.3 is 10.4 Å². The van der Waals surface area contributed by atoms with Gasteiger partial charge in [0, 0.05) is 22.9 Å². The van der Waals surface area contributed by atoms with E-state index in [4.69, 9.17) is 0 Å². The normalized spacial score (nSPS) is 21.1. The SMILES string of the molecule is O=C1Nc2ccccc2[C@]1(O)c1cc(F)cc(F)c1. The molecule has 2 aromatic rings. The van der Waals surface area contributed by atoms with Crippen molar-refractivity contribution in [2.45, 2.75) is 5.60 Å². The number of fused-ring (bicyclic) bond motifs is 1. The lowest BCUT2D eigenvalue weighted by Gasteiger charge is -2.21. The molecule has 3 nitrogen and oxygen atoms in total. The molecular weight excluding hydrogens is 252 g/mol. The first-order valence-electron chi connectivity index (χ1n) is 5.62. The van der Waals surface area contributed by atoms with Gasteiger partial charge >= 0.3 is 0 Å². The van der Waals surface area contributed by atoms with Crippen molar-refractivity contribution in [1.29, 1.82) is 0 Å². The van der Waals surface area contributed by atoms with Crippen molar-refractivity contribution in [3.05, 3.63) is 65.2 Å². The number of nitrogens with one attached hydrogen (secondary N) is 1. The number of carbonyl (C=O) groups is 1. The van der Waals surface area contributed by atoms with Crippen LogP contribution in [0.4, 0.5) is 14.5 Å². The summed E-state index contributed by atoms with van der Waals surface area (Å²) in [6.45, 7) is 0. The van der Waals surface area contributed by atoms with Crippen molar-refractivity contribution < 1.29 is 18.7 Å². The second-order valence-corrected chi connectivity index (χ2v) is 4.37. The Morgan fingerprint density at radius 2 is 1.68 bits per heavy atom. The van der Waals surface area contributed by atoms with Crippen LogP contribution in [0.15, 0.2) is 42.5 Å². The van der Waals surface area contributed by atoms with Gasteiger partial charge in [0.2, 0.25) is 0 Å². The van der Waals surface area contributed by atoms with Crippen LogP contribution in [0.1, 0.15) is 11.1 Å². The molecule has 1 aliphatic heterocycles. The molecule has 0 radical (unpaired) electrons. The van der Waals surface area contributed by atoms with E-state index in [1.165, 1.54) is 6.07 Å². The number of halogens is 2. The maximum atomic E-state index is 13.3. The summed E-state index contributed by atoms with van der Waals surface area (Å²) < 4.78 is 26.5. The highest BCUT2D eigenvalue weighted by Crippen LogP contribution is 2.40. The smallest absolute Gasteiger partial charge is 0.265 e. The van der Waals surface area contributed by atoms with E-state index in [2.05, 4.69) is 5.32 Å². The topological polar surface area (TPSA) is 49.3 Å². The molecule has 3 rings (SSSR count). The quantitative estimate of drug-likeness (QED) is 0.826. The van der Waals surface area contributed by atoms with Crippen molar-refractivity contribution in [2.24, 2.45) is 0 Å². The highest BCUT2D eigenvalue weighted by molar-refractivity contribution is 6.07. The van der Waals surface area contributed by atoms with Crippen molar-refractivity contribution in [3.63, 3.8) is 0 Å². The molecule has 1 atom stereocenters. The largest absolute Gasteiger partial charge is 0.372 e. The lowest BCUT2D eigenvalue weighted by atomic mass is 9.87. The molecule has 2 N–H and O–H groups in total. The van der Waals surface area contributed by atoms with Crippen LogP contribution in [0, 0.1) is 11.6 Å². The second kappa shape index (κ2) is 3.86. The van der Waals surface area contributed by atoms with Crippen LogP contribution in [-0.2, 0) is 10.4 Å². The third-order valence-electron chi connectivity index (χ3n) is 3.17. The molecule has 0 bridgehead atoms. The third kappa shape index (κ3) is 1.62. The first-order valence-corrected chi connectivity index (χ1v) is 5.62. The maximum absolute atomic E-state index is 13.3. The van der Waals surface area contributed by atoms with Gasteiger partial charge in [-0.1, -0.05) is 18.2 Å². The lowest BCUT2D eigenvalue weighted by Crippen LogP contribution is -2.35. The van der Waals surface area contributed by atoms with E-state index in [1.807, 2.05) is 0 Å². The molecule has 1 amide bonds. The van der Waals surface area contributed by atoms with Gasteiger partial charge in [0.1, 0.15) is 11.6 Å². The number of para-hydroxylation sites is 1. The summed E-state index contributed by atoms with van der Waals surface area (Å²) in [6.07, 6.45) is 0. The zero-order valence-corrected chi connectivity index (χ0v) is 9.65. The number of hydrogen-bond acceptors (Lipinski definition) is 2. The molecule has 5 heteroatoms. The number of hydrogen-bond donors (Lipinski definition) is 2. The van der Waals surface area contributed by atoms with Gasteiger partial charge in [-0.2, -0.15) is 0 Å². The number of anilines is 1. The number of rotatable bonds is 1. The van der Waals surface area contributed by atoms with E-state index < -0.39 is 23.1 Å². The molecule has 1 heterocycles. The van der Waals surface area contributed by atoms with E-state index in [1.54, 1.807) is 18.2 Å². The molecule has 1 aliphatic rings. The monoisotopic (exact) mass is 261 g/mol. The van der Waals surface area contributed by atoms with E-state index >= 15 is 0 Å². The summed E-state index contributed by atoms with van der Waals surface area (Å²) in [6, 6.07) is 9.06. The van der Waals surface area contributed by atoms with E-state index in [0.717, 1.165) is 12.1 Å². The third-order valence-corrected chi connectivity index (χ3v) is 3.17. The van der Waals surface area contributed by atoms with Crippen LogP contribution in [0.5, 0.6) is 0 Å². The lowest BCUT2D eigenvalue weighted by molar-refractivity contribution is -0.129. The molecular formula is C14H9F2NO2. The summed E-state index contributed by atoms with van der Waals surface area (Å²) >= 11 is 0. The highest BCUT2D eigenvalue weighted by atomic mass is 19.1. The molecule has 2 aromatic carbocycles. The molecule has 0 aliphatic carbocycles. The van der Waals surface area contributed by atoms with Gasteiger partial charge in [0.15, 0.2) is 5.60 Å². The molecule has 19 heavy (non-hydrogen) atoms. The van der Waals surface area contributed by atoms with Crippen LogP contribution in [-0.4, -0.2) is 11.0 Å². The Kier molecular flexibility index (Phi) is 2.40. The van der Waals surface area contributed by atoms with E-state index in [9.17, 15) is 18.7 Å². The molecule has 0 saturated carbocycles. The Morgan fingerprint density at radius 1 is 1.05 bits per heavy atom. The second-order valence-electron chi connectivity index (χ2n) is 4.37. The van der Waals surface area contributed by atoms with Crippen LogP contribution in [0.3, 0.4) is 0 Å². The van der Waals surface area contributed by atoms with Gasteiger partial charge in [-0.3, -0.25) is 4.79 Å². The van der Waals surface area contributed by atoms with Gasteiger partial charge in [-0.15, -0.1) is 0 Å². The maximum Gasteiger partial charge on any atom is 0.265 e. The molecule has 0 unspecified atom stereocenters. The number of aliphatic hydroxyl groups is 1. The minimum atomic E-state index is -2.07. The summed E-state index contributed by atoms with van der Waals surface area (Å²) in [5.41, 5.74) is -1.49. The standard InChI is InChI=1S/C14H9F2NO2/c15-9-5-8(6-10(16)7-9)14(19)11-3-1-2-4-12(11)17-13(14)18/h1-7,19H,(H,17,18)/t14-/m1/s1. The number of amides is 1. The van der Waals surface area contributed by atoms with Crippen molar-refractivity contribution in [2.75, 3.05) is 5.32 Å². The van der Waals surface area contributed by atoms with Gasteiger partial charge in [-0.05, 0) is 18.2 Å². The van der Waals surface area contributed by atoms with E-state index in [-0.39, 0.29) is 11.1 Å². The van der Waals surface area contributed by atoms with Gasteiger partial charge in [0.05, 0.1) is 0 Å². The van der Waals surface area contributed by atoms with Crippen LogP contribution in [0.25, 0.3) is 0 Å². The molecule has 96 valence electrons. The predicted octanol–water partition coefficient (Wildman–Crippen LogP) is 2.15. The minimum absolute atomic E-state index is 0.132. The van der Waals surface area contributed by atoms with Crippen molar-refractivity contribution in [3.8, 4) is 0 Å². The fourth-order valence-electron chi connectivity index (χ4n) is 2.29. The summed E-state index contributed by atoms with van der Waals surface area (Å²) in [4.78, 5) is 12.0. The predicted molar refractivity (Wildman–Crippen MR) is 64.4 cm³/mol. The molecule has 0 spiro atoms.